The van der Waals surface area contributed by atoms with Crippen molar-refractivity contribution in [2.75, 3.05) is 13.7 Å². The minimum atomic E-state index is -1.10. The Kier molecular flexibility index (Phi) is 4.80. The molecule has 0 spiro atoms. The first-order valence-corrected chi connectivity index (χ1v) is 4.72. The van der Waals surface area contributed by atoms with Gasteiger partial charge in [0, 0.05) is 13.7 Å². The number of hydrogen-bond acceptors (Lipinski definition) is 3. The van der Waals surface area contributed by atoms with E-state index in [2.05, 4.69) is 10.1 Å². The van der Waals surface area contributed by atoms with Gasteiger partial charge in [-0.1, -0.05) is 30.3 Å². The average Bonchev–Trinajstić information content (AvgIpc) is 2.27. The topological polar surface area (TPSA) is 58.6 Å². The van der Waals surface area contributed by atoms with Crippen LogP contribution >= 0.6 is 0 Å². The number of methoxy groups -OCH3 is 1. The van der Waals surface area contributed by atoms with Crippen LogP contribution in [0.2, 0.25) is 0 Å². The fourth-order valence-electron chi connectivity index (χ4n) is 1.14. The molecule has 2 N–H and O–H groups in total. The Morgan fingerprint density at radius 2 is 2.13 bits per heavy atom. The molecular formula is C11H15NO3. The molecule has 0 aliphatic heterocycles. The van der Waals surface area contributed by atoms with Crippen LogP contribution in [0.1, 0.15) is 5.56 Å². The number of rotatable bonds is 5. The van der Waals surface area contributed by atoms with E-state index in [1.54, 1.807) is 0 Å². The molecule has 0 aromatic heterocycles. The molecule has 82 valence electrons. The summed E-state index contributed by atoms with van der Waals surface area (Å²) in [6, 6.07) is 9.51. The molecule has 0 aliphatic carbocycles. The van der Waals surface area contributed by atoms with Crippen molar-refractivity contribution in [3.05, 3.63) is 35.9 Å². The van der Waals surface area contributed by atoms with Crippen LogP contribution in [0.3, 0.4) is 0 Å². The van der Waals surface area contributed by atoms with Gasteiger partial charge in [-0.05, 0) is 5.56 Å². The summed E-state index contributed by atoms with van der Waals surface area (Å²) in [4.78, 5) is 11.3. The molecule has 0 aliphatic rings. The van der Waals surface area contributed by atoms with Crippen molar-refractivity contribution in [3.63, 3.8) is 0 Å². The molecule has 15 heavy (non-hydrogen) atoms. The van der Waals surface area contributed by atoms with Crippen LogP contribution < -0.4 is 5.32 Å². The molecule has 1 aromatic carbocycles. The number of carbonyl (C=O) groups is 1. The van der Waals surface area contributed by atoms with E-state index < -0.39 is 12.0 Å². The van der Waals surface area contributed by atoms with E-state index in [-0.39, 0.29) is 6.61 Å². The van der Waals surface area contributed by atoms with Crippen molar-refractivity contribution >= 4 is 5.91 Å². The third-order valence-corrected chi connectivity index (χ3v) is 1.94. The monoisotopic (exact) mass is 209 g/mol. The lowest BCUT2D eigenvalue weighted by Gasteiger charge is -2.10. The van der Waals surface area contributed by atoms with Gasteiger partial charge in [-0.25, -0.2) is 0 Å². The molecule has 0 saturated carbocycles. The summed E-state index contributed by atoms with van der Waals surface area (Å²) in [5.74, 6) is -0.416. The first-order valence-electron chi connectivity index (χ1n) is 4.72. The van der Waals surface area contributed by atoms with Gasteiger partial charge in [0.25, 0.3) is 5.91 Å². The molecule has 1 amide bonds. The minimum Gasteiger partial charge on any atom is -0.381 e. The van der Waals surface area contributed by atoms with Gasteiger partial charge in [0.2, 0.25) is 0 Å². The van der Waals surface area contributed by atoms with Gasteiger partial charge >= 0.3 is 0 Å². The summed E-state index contributed by atoms with van der Waals surface area (Å²) < 4.78 is 4.67. The second-order valence-electron chi connectivity index (χ2n) is 3.17. The predicted molar refractivity (Wildman–Crippen MR) is 56.2 cm³/mol. The van der Waals surface area contributed by atoms with Crippen LogP contribution in [0.15, 0.2) is 30.3 Å². The number of benzene rings is 1. The summed E-state index contributed by atoms with van der Waals surface area (Å²) in [5, 5.41) is 11.9. The van der Waals surface area contributed by atoms with Crippen LogP contribution in [0.25, 0.3) is 0 Å². The quantitative estimate of drug-likeness (QED) is 0.733. The van der Waals surface area contributed by atoms with Gasteiger partial charge in [-0.3, -0.25) is 4.79 Å². The standard InChI is InChI=1S/C11H15NO3/c1-15-8-10(13)11(14)12-7-9-5-3-2-4-6-9/h2-6,10,13H,7-8H2,1H3,(H,12,14)/t10-/m0/s1. The van der Waals surface area contributed by atoms with E-state index in [0.29, 0.717) is 6.54 Å². The number of nitrogens with one attached hydrogen (secondary N) is 1. The second kappa shape index (κ2) is 6.16. The van der Waals surface area contributed by atoms with Crippen LogP contribution in [0.5, 0.6) is 0 Å². The summed E-state index contributed by atoms with van der Waals surface area (Å²) in [7, 11) is 1.44. The molecule has 4 heteroatoms. The molecule has 1 atom stereocenters. The van der Waals surface area contributed by atoms with Gasteiger partial charge in [0.1, 0.15) is 0 Å². The molecule has 0 bridgehead atoms. The highest BCUT2D eigenvalue weighted by Crippen LogP contribution is 1.97. The molecule has 0 radical (unpaired) electrons. The Morgan fingerprint density at radius 3 is 2.73 bits per heavy atom. The highest BCUT2D eigenvalue weighted by atomic mass is 16.5. The summed E-state index contributed by atoms with van der Waals surface area (Å²) in [5.41, 5.74) is 0.996. The zero-order chi connectivity index (χ0) is 11.1. The fourth-order valence-corrected chi connectivity index (χ4v) is 1.14. The Morgan fingerprint density at radius 1 is 1.47 bits per heavy atom. The number of hydrogen-bond donors (Lipinski definition) is 2. The number of aliphatic hydroxyl groups excluding tert-OH is 1. The Hall–Kier alpha value is -1.39. The smallest absolute Gasteiger partial charge is 0.251 e. The van der Waals surface area contributed by atoms with Crippen LogP contribution in [-0.4, -0.2) is 30.8 Å². The van der Waals surface area contributed by atoms with Gasteiger partial charge < -0.3 is 15.2 Å². The molecule has 0 saturated heterocycles. The third-order valence-electron chi connectivity index (χ3n) is 1.94. The van der Waals surface area contributed by atoms with E-state index in [4.69, 9.17) is 0 Å². The molecule has 1 rings (SSSR count). The maximum atomic E-state index is 11.3. The van der Waals surface area contributed by atoms with E-state index >= 15 is 0 Å². The third kappa shape index (κ3) is 4.10. The Labute approximate surface area is 88.9 Å². The van der Waals surface area contributed by atoms with E-state index in [1.807, 2.05) is 30.3 Å². The van der Waals surface area contributed by atoms with Crippen molar-refractivity contribution < 1.29 is 14.6 Å². The minimum absolute atomic E-state index is 0.0145. The number of carbonyl (C=O) groups excluding carboxylic acids is 1. The van der Waals surface area contributed by atoms with Gasteiger partial charge in [-0.2, -0.15) is 0 Å². The second-order valence-corrected chi connectivity index (χ2v) is 3.17. The van der Waals surface area contributed by atoms with Crippen LogP contribution in [-0.2, 0) is 16.1 Å². The lowest BCUT2D eigenvalue weighted by molar-refractivity contribution is -0.131. The van der Waals surface area contributed by atoms with Crippen molar-refractivity contribution in [2.24, 2.45) is 0 Å². The lowest BCUT2D eigenvalue weighted by Crippen LogP contribution is -2.36. The molecule has 0 heterocycles. The van der Waals surface area contributed by atoms with Crippen molar-refractivity contribution in [3.8, 4) is 0 Å². The van der Waals surface area contributed by atoms with Crippen LogP contribution in [0, 0.1) is 0 Å². The largest absolute Gasteiger partial charge is 0.381 e. The number of ether oxygens (including phenoxy) is 1. The lowest BCUT2D eigenvalue weighted by atomic mass is 10.2. The highest BCUT2D eigenvalue weighted by molar-refractivity contribution is 5.80. The molecule has 4 nitrogen and oxygen atoms in total. The van der Waals surface area contributed by atoms with Gasteiger partial charge in [0.05, 0.1) is 6.61 Å². The Bertz CT molecular complexity index is 300. The van der Waals surface area contributed by atoms with Crippen molar-refractivity contribution in [1.29, 1.82) is 0 Å². The van der Waals surface area contributed by atoms with E-state index in [0.717, 1.165) is 5.56 Å². The van der Waals surface area contributed by atoms with Gasteiger partial charge in [0.15, 0.2) is 6.10 Å². The predicted octanol–water partition coefficient (Wildman–Crippen LogP) is 0.310. The summed E-state index contributed by atoms with van der Waals surface area (Å²) in [6.45, 7) is 0.432. The SMILES string of the molecule is COC[C@H](O)C(=O)NCc1ccccc1. The molecule has 0 unspecified atom stereocenters. The zero-order valence-electron chi connectivity index (χ0n) is 8.64. The van der Waals surface area contributed by atoms with Gasteiger partial charge in [-0.15, -0.1) is 0 Å². The molecular weight excluding hydrogens is 194 g/mol. The van der Waals surface area contributed by atoms with E-state index in [9.17, 15) is 9.90 Å². The Balaban J connectivity index is 2.34. The zero-order valence-corrected chi connectivity index (χ0v) is 8.64. The molecule has 0 fully saturated rings. The maximum Gasteiger partial charge on any atom is 0.251 e. The first-order chi connectivity index (χ1) is 7.24. The number of aliphatic hydroxyl groups is 1. The van der Waals surface area contributed by atoms with Crippen molar-refractivity contribution in [1.82, 2.24) is 5.32 Å². The summed E-state index contributed by atoms with van der Waals surface area (Å²) in [6.07, 6.45) is -1.10. The average molecular weight is 209 g/mol. The molecule has 1 aromatic rings. The van der Waals surface area contributed by atoms with Crippen LogP contribution in [0.4, 0.5) is 0 Å². The fraction of sp³-hybridized carbons (Fsp3) is 0.364. The summed E-state index contributed by atoms with van der Waals surface area (Å²) >= 11 is 0. The normalized spacial score (nSPS) is 12.1. The number of amides is 1. The van der Waals surface area contributed by atoms with E-state index in [1.165, 1.54) is 7.11 Å². The highest BCUT2D eigenvalue weighted by Gasteiger charge is 2.13. The van der Waals surface area contributed by atoms with Crippen molar-refractivity contribution in [2.45, 2.75) is 12.6 Å². The first kappa shape index (κ1) is 11.7. The maximum absolute atomic E-state index is 11.3.